The summed E-state index contributed by atoms with van der Waals surface area (Å²) in [5.74, 6) is -1.18. The molecule has 0 saturated carbocycles. The van der Waals surface area contributed by atoms with E-state index >= 15 is 0 Å². The topological polar surface area (TPSA) is 70.7 Å². The normalized spacial score (nSPS) is 18.7. The molecule has 1 fully saturated rings. The monoisotopic (exact) mass is 305 g/mol. The lowest BCUT2D eigenvalue weighted by Gasteiger charge is -2.33. The highest BCUT2D eigenvalue weighted by atomic mass is 16.5. The molecule has 1 heterocycles. The molecule has 6 nitrogen and oxygen atoms in total. The highest BCUT2D eigenvalue weighted by molar-refractivity contribution is 6.34. The summed E-state index contributed by atoms with van der Waals surface area (Å²) >= 11 is 0. The molecule has 2 amide bonds. The number of hydrogen-bond donors (Lipinski definition) is 2. The minimum Gasteiger partial charge on any atom is -0.371 e. The Labute approximate surface area is 130 Å². The molecule has 0 radical (unpaired) electrons. The molecule has 1 saturated heterocycles. The molecular formula is C16H23N3O3. The number of carbonyl (C=O) groups excluding carboxylic acids is 2. The average molecular weight is 305 g/mol. The van der Waals surface area contributed by atoms with Crippen LogP contribution in [-0.4, -0.2) is 56.5 Å². The second-order valence-electron chi connectivity index (χ2n) is 5.26. The Morgan fingerprint density at radius 3 is 2.77 bits per heavy atom. The fraction of sp³-hybridized carbons (Fsp3) is 0.500. The summed E-state index contributed by atoms with van der Waals surface area (Å²) in [6.45, 7) is 3.84. The van der Waals surface area contributed by atoms with E-state index in [0.717, 1.165) is 26.1 Å². The fourth-order valence-electron chi connectivity index (χ4n) is 2.47. The molecule has 0 aromatic heterocycles. The molecule has 0 bridgehead atoms. The average Bonchev–Trinajstić information content (AvgIpc) is 2.59. The molecule has 1 aromatic rings. The van der Waals surface area contributed by atoms with Crippen LogP contribution in [0.2, 0.25) is 0 Å². The summed E-state index contributed by atoms with van der Waals surface area (Å²) in [5.41, 5.74) is 1.19. The van der Waals surface area contributed by atoms with Gasteiger partial charge in [-0.1, -0.05) is 30.3 Å². The highest BCUT2D eigenvalue weighted by Gasteiger charge is 2.21. The van der Waals surface area contributed by atoms with Crippen LogP contribution in [0.3, 0.4) is 0 Å². The Balaban J connectivity index is 1.70. The molecular weight excluding hydrogens is 282 g/mol. The second kappa shape index (κ2) is 8.51. The number of morpholine rings is 1. The number of likely N-dealkylation sites (N-methyl/N-ethyl adjacent to an activating group) is 1. The van der Waals surface area contributed by atoms with Gasteiger partial charge < -0.3 is 15.4 Å². The molecule has 1 atom stereocenters. The van der Waals surface area contributed by atoms with Crippen molar-refractivity contribution >= 4 is 11.8 Å². The minimum absolute atomic E-state index is 0.107. The van der Waals surface area contributed by atoms with E-state index < -0.39 is 11.8 Å². The largest absolute Gasteiger partial charge is 0.371 e. The standard InChI is InChI=1S/C16H23N3O3/c1-17-15(20)16(21)18-8-5-9-19-10-11-22-14(12-19)13-6-3-2-4-7-13/h2-4,6-7,14H,5,8-12H2,1H3,(H,17,20)(H,18,21). The first kappa shape index (κ1) is 16.5. The second-order valence-corrected chi connectivity index (χ2v) is 5.26. The first-order valence-corrected chi connectivity index (χ1v) is 7.59. The lowest BCUT2D eigenvalue weighted by molar-refractivity contribution is -0.138. The molecule has 2 N–H and O–H groups in total. The van der Waals surface area contributed by atoms with Gasteiger partial charge in [0.15, 0.2) is 0 Å². The molecule has 120 valence electrons. The number of rotatable bonds is 5. The smallest absolute Gasteiger partial charge is 0.309 e. The third-order valence-corrected chi connectivity index (χ3v) is 3.69. The quantitative estimate of drug-likeness (QED) is 0.607. The zero-order chi connectivity index (χ0) is 15.8. The van der Waals surface area contributed by atoms with Gasteiger partial charge in [0.2, 0.25) is 0 Å². The number of nitrogens with one attached hydrogen (secondary N) is 2. The van der Waals surface area contributed by atoms with Gasteiger partial charge in [0, 0.05) is 33.2 Å². The van der Waals surface area contributed by atoms with Gasteiger partial charge in [-0.15, -0.1) is 0 Å². The maximum absolute atomic E-state index is 11.3. The predicted octanol–water partition coefficient (Wildman–Crippen LogP) is 0.312. The number of amides is 2. The Bertz CT molecular complexity index is 493. The fourth-order valence-corrected chi connectivity index (χ4v) is 2.47. The maximum Gasteiger partial charge on any atom is 0.309 e. The summed E-state index contributed by atoms with van der Waals surface area (Å²) in [6.07, 6.45) is 0.917. The summed E-state index contributed by atoms with van der Waals surface area (Å²) < 4.78 is 5.82. The van der Waals surface area contributed by atoms with Gasteiger partial charge in [-0.25, -0.2) is 0 Å². The van der Waals surface area contributed by atoms with Gasteiger partial charge in [-0.05, 0) is 12.0 Å². The van der Waals surface area contributed by atoms with Crippen molar-refractivity contribution in [3.8, 4) is 0 Å². The molecule has 0 aliphatic carbocycles. The lowest BCUT2D eigenvalue weighted by Crippen LogP contribution is -2.41. The Kier molecular flexibility index (Phi) is 6.36. The van der Waals surface area contributed by atoms with Crippen molar-refractivity contribution in [1.29, 1.82) is 0 Å². The van der Waals surface area contributed by atoms with Gasteiger partial charge in [0.1, 0.15) is 0 Å². The molecule has 1 aliphatic rings. The molecule has 2 rings (SSSR count). The van der Waals surface area contributed by atoms with E-state index in [0.29, 0.717) is 13.2 Å². The van der Waals surface area contributed by atoms with Crippen LogP contribution in [0.25, 0.3) is 0 Å². The molecule has 1 aliphatic heterocycles. The molecule has 6 heteroatoms. The zero-order valence-corrected chi connectivity index (χ0v) is 12.9. The van der Waals surface area contributed by atoms with E-state index in [-0.39, 0.29) is 6.10 Å². The first-order valence-electron chi connectivity index (χ1n) is 7.59. The third kappa shape index (κ3) is 4.82. The van der Waals surface area contributed by atoms with E-state index in [1.165, 1.54) is 12.6 Å². The van der Waals surface area contributed by atoms with Crippen molar-refractivity contribution in [2.24, 2.45) is 0 Å². The Morgan fingerprint density at radius 1 is 1.27 bits per heavy atom. The summed E-state index contributed by atoms with van der Waals surface area (Å²) in [6, 6.07) is 10.2. The summed E-state index contributed by atoms with van der Waals surface area (Å²) in [5, 5.41) is 4.91. The van der Waals surface area contributed by atoms with E-state index in [1.54, 1.807) is 0 Å². The van der Waals surface area contributed by atoms with E-state index in [2.05, 4.69) is 27.7 Å². The molecule has 1 unspecified atom stereocenters. The van der Waals surface area contributed by atoms with Crippen molar-refractivity contribution in [2.75, 3.05) is 39.8 Å². The van der Waals surface area contributed by atoms with E-state index in [1.807, 2.05) is 18.2 Å². The van der Waals surface area contributed by atoms with Gasteiger partial charge in [-0.2, -0.15) is 0 Å². The van der Waals surface area contributed by atoms with Crippen LogP contribution in [0.1, 0.15) is 18.1 Å². The Hall–Kier alpha value is -1.92. The molecule has 0 spiro atoms. The number of benzene rings is 1. The van der Waals surface area contributed by atoms with Crippen molar-refractivity contribution in [1.82, 2.24) is 15.5 Å². The number of nitrogens with zero attached hydrogens (tertiary/aromatic N) is 1. The van der Waals surface area contributed by atoms with Crippen LogP contribution in [0.5, 0.6) is 0 Å². The van der Waals surface area contributed by atoms with Crippen molar-refractivity contribution < 1.29 is 14.3 Å². The van der Waals surface area contributed by atoms with Crippen LogP contribution >= 0.6 is 0 Å². The van der Waals surface area contributed by atoms with Gasteiger partial charge in [0.25, 0.3) is 0 Å². The van der Waals surface area contributed by atoms with Crippen LogP contribution in [0.15, 0.2) is 30.3 Å². The summed E-state index contributed by atoms with van der Waals surface area (Å²) in [4.78, 5) is 24.7. The van der Waals surface area contributed by atoms with Crippen molar-refractivity contribution in [3.05, 3.63) is 35.9 Å². The van der Waals surface area contributed by atoms with Gasteiger partial charge in [0.05, 0.1) is 12.7 Å². The first-order chi connectivity index (χ1) is 10.7. The van der Waals surface area contributed by atoms with Crippen LogP contribution in [-0.2, 0) is 14.3 Å². The lowest BCUT2D eigenvalue weighted by atomic mass is 10.1. The number of ether oxygens (including phenoxy) is 1. The number of carbonyl (C=O) groups is 2. The van der Waals surface area contributed by atoms with Crippen LogP contribution in [0.4, 0.5) is 0 Å². The van der Waals surface area contributed by atoms with Crippen molar-refractivity contribution in [3.63, 3.8) is 0 Å². The summed E-state index contributed by atoms with van der Waals surface area (Å²) in [7, 11) is 1.44. The molecule has 22 heavy (non-hydrogen) atoms. The minimum atomic E-state index is -0.601. The Morgan fingerprint density at radius 2 is 2.05 bits per heavy atom. The van der Waals surface area contributed by atoms with Crippen molar-refractivity contribution in [2.45, 2.75) is 12.5 Å². The number of hydrogen-bond acceptors (Lipinski definition) is 4. The van der Waals surface area contributed by atoms with E-state index in [9.17, 15) is 9.59 Å². The van der Waals surface area contributed by atoms with Crippen LogP contribution < -0.4 is 10.6 Å². The SMILES string of the molecule is CNC(=O)C(=O)NCCCN1CCOC(c2ccccc2)C1. The third-order valence-electron chi connectivity index (χ3n) is 3.69. The maximum atomic E-state index is 11.3. The molecule has 1 aromatic carbocycles. The van der Waals surface area contributed by atoms with Crippen LogP contribution in [0, 0.1) is 0 Å². The van der Waals surface area contributed by atoms with Gasteiger partial charge in [-0.3, -0.25) is 14.5 Å². The van der Waals surface area contributed by atoms with Gasteiger partial charge >= 0.3 is 11.8 Å². The highest BCUT2D eigenvalue weighted by Crippen LogP contribution is 2.21. The zero-order valence-electron chi connectivity index (χ0n) is 12.9. The van der Waals surface area contributed by atoms with E-state index in [4.69, 9.17) is 4.74 Å². The predicted molar refractivity (Wildman–Crippen MR) is 83.3 cm³/mol.